The first kappa shape index (κ1) is 18.5. The molecule has 0 spiro atoms. The summed E-state index contributed by atoms with van der Waals surface area (Å²) >= 11 is 1.45. The van der Waals surface area contributed by atoms with Crippen LogP contribution in [0.2, 0.25) is 0 Å². The highest BCUT2D eigenvalue weighted by atomic mass is 32.2. The molecule has 3 aromatic heterocycles. The van der Waals surface area contributed by atoms with Crippen LogP contribution in [0.15, 0.2) is 53.2 Å². The molecule has 0 aromatic carbocycles. The Morgan fingerprint density at radius 3 is 2.93 bits per heavy atom. The van der Waals surface area contributed by atoms with Crippen molar-refractivity contribution >= 4 is 11.8 Å². The van der Waals surface area contributed by atoms with Gasteiger partial charge in [-0.15, -0.1) is 0 Å². The van der Waals surface area contributed by atoms with Crippen LogP contribution in [0.5, 0.6) is 0 Å². The van der Waals surface area contributed by atoms with Crippen LogP contribution in [-0.4, -0.2) is 48.0 Å². The van der Waals surface area contributed by atoms with Crippen LogP contribution in [0.3, 0.4) is 0 Å². The second-order valence-electron chi connectivity index (χ2n) is 7.54. The molecule has 5 rings (SSSR count). The molecule has 5 heterocycles. The molecule has 2 saturated heterocycles. The van der Waals surface area contributed by atoms with Gasteiger partial charge in [-0.05, 0) is 19.3 Å². The van der Waals surface area contributed by atoms with Gasteiger partial charge in [0, 0.05) is 42.0 Å². The molecule has 2 aliphatic rings. The van der Waals surface area contributed by atoms with E-state index >= 15 is 0 Å². The van der Waals surface area contributed by atoms with E-state index in [-0.39, 0.29) is 16.7 Å². The fraction of sp³-hybridized carbons (Fsp3) is 0.400. The Morgan fingerprint density at radius 2 is 2.17 bits per heavy atom. The van der Waals surface area contributed by atoms with Gasteiger partial charge in [-0.2, -0.15) is 0 Å². The summed E-state index contributed by atoms with van der Waals surface area (Å²) in [7, 11) is 0. The predicted octanol–water partition coefficient (Wildman–Crippen LogP) is 2.73. The molecule has 3 aromatic rings. The van der Waals surface area contributed by atoms with Crippen molar-refractivity contribution in [1.29, 1.82) is 0 Å². The normalized spacial score (nSPS) is 26.4. The summed E-state index contributed by atoms with van der Waals surface area (Å²) in [5.41, 5.74) is 0.779. The smallest absolute Gasteiger partial charge is 0.193 e. The van der Waals surface area contributed by atoms with E-state index in [1.165, 1.54) is 17.8 Å². The predicted molar refractivity (Wildman–Crippen MR) is 109 cm³/mol. The van der Waals surface area contributed by atoms with Crippen LogP contribution in [-0.2, 0) is 0 Å². The molecule has 2 N–H and O–H groups in total. The molecule has 2 aliphatic heterocycles. The maximum atomic E-state index is 14.8. The Kier molecular flexibility index (Phi) is 4.92. The van der Waals surface area contributed by atoms with Crippen molar-refractivity contribution in [2.75, 3.05) is 0 Å². The van der Waals surface area contributed by atoms with Crippen molar-refractivity contribution in [2.24, 2.45) is 0 Å². The second kappa shape index (κ2) is 7.72. The average Bonchev–Trinajstić information content (AvgIpc) is 3.28. The number of pyridine rings is 1. The Labute approximate surface area is 171 Å². The van der Waals surface area contributed by atoms with Gasteiger partial charge in [0.2, 0.25) is 0 Å². The first-order valence-corrected chi connectivity index (χ1v) is 10.7. The minimum Gasteiger partial charge on any atom is -0.347 e. The molecule has 7 nitrogen and oxygen atoms in total. The van der Waals surface area contributed by atoms with Gasteiger partial charge >= 0.3 is 0 Å². The number of imidazole rings is 1. The van der Waals surface area contributed by atoms with Crippen molar-refractivity contribution in [3.05, 3.63) is 53.6 Å². The lowest BCUT2D eigenvalue weighted by Gasteiger charge is -2.42. The summed E-state index contributed by atoms with van der Waals surface area (Å²) in [5.74, 6) is 0.627. The first-order valence-electron chi connectivity index (χ1n) is 9.77. The maximum Gasteiger partial charge on any atom is 0.193 e. The summed E-state index contributed by atoms with van der Waals surface area (Å²) in [6, 6.07) is 1.86. The summed E-state index contributed by atoms with van der Waals surface area (Å²) in [6.45, 7) is 0. The van der Waals surface area contributed by atoms with Gasteiger partial charge in [0.05, 0.1) is 23.7 Å². The number of nitrogens with one attached hydrogen (secondary N) is 2. The van der Waals surface area contributed by atoms with E-state index in [0.29, 0.717) is 28.1 Å². The molecular formula is C20H21FN6OS. The zero-order valence-electron chi connectivity index (χ0n) is 15.7. The molecule has 150 valence electrons. The van der Waals surface area contributed by atoms with Crippen molar-refractivity contribution in [2.45, 2.75) is 54.2 Å². The number of nitrogens with zero attached hydrogens (tertiary/aromatic N) is 4. The number of aromatic amines is 1. The van der Waals surface area contributed by atoms with Crippen LogP contribution in [0.25, 0.3) is 17.1 Å². The molecule has 9 heteroatoms. The third-order valence-electron chi connectivity index (χ3n) is 5.63. The van der Waals surface area contributed by atoms with Gasteiger partial charge in [0.25, 0.3) is 0 Å². The lowest BCUT2D eigenvalue weighted by Crippen LogP contribution is -2.56. The number of fused-ring (bicyclic) bond motifs is 2. The third-order valence-corrected chi connectivity index (χ3v) is 6.84. The highest BCUT2D eigenvalue weighted by Gasteiger charge is 2.40. The van der Waals surface area contributed by atoms with E-state index in [2.05, 4.69) is 25.3 Å². The van der Waals surface area contributed by atoms with Gasteiger partial charge in [-0.25, -0.2) is 14.4 Å². The summed E-state index contributed by atoms with van der Waals surface area (Å²) in [4.78, 5) is 28.4. The summed E-state index contributed by atoms with van der Waals surface area (Å²) < 4.78 is 16.5. The molecular weight excluding hydrogens is 391 g/mol. The molecule has 0 amide bonds. The van der Waals surface area contributed by atoms with Gasteiger partial charge < -0.3 is 10.3 Å². The quantitative estimate of drug-likeness (QED) is 0.685. The topological polar surface area (TPSA) is 88.5 Å². The second-order valence-corrected chi connectivity index (χ2v) is 8.80. The van der Waals surface area contributed by atoms with E-state index in [4.69, 9.17) is 0 Å². The maximum absolute atomic E-state index is 14.8. The Morgan fingerprint density at radius 1 is 1.24 bits per heavy atom. The van der Waals surface area contributed by atoms with E-state index in [1.807, 2.05) is 0 Å². The summed E-state index contributed by atoms with van der Waals surface area (Å²) in [5, 5.41) is 3.98. The number of H-pyrrole nitrogens is 1. The van der Waals surface area contributed by atoms with Crippen LogP contribution < -0.4 is 10.7 Å². The Balaban J connectivity index is 1.32. The fourth-order valence-electron chi connectivity index (χ4n) is 4.16. The number of thioether (sulfide) groups is 1. The fourth-order valence-corrected chi connectivity index (χ4v) is 5.34. The minimum absolute atomic E-state index is 0.0418. The van der Waals surface area contributed by atoms with Crippen molar-refractivity contribution < 1.29 is 4.39 Å². The number of hydrogen-bond acceptors (Lipinski definition) is 6. The molecule has 0 aliphatic carbocycles. The monoisotopic (exact) mass is 412 g/mol. The number of hydrogen-bond donors (Lipinski definition) is 2. The van der Waals surface area contributed by atoms with Crippen molar-refractivity contribution in [3.63, 3.8) is 0 Å². The SMILES string of the molecule is O=c1cc(-n2ccnc2)[nH]cc1-c1cnc(S[C@@H]2CC3CCCC(N3)[C@H]2F)cn1. The molecule has 0 saturated carbocycles. The zero-order chi connectivity index (χ0) is 19.8. The number of halogens is 1. The van der Waals surface area contributed by atoms with E-state index in [1.54, 1.807) is 41.9 Å². The van der Waals surface area contributed by atoms with Crippen LogP contribution in [0, 0.1) is 0 Å². The van der Waals surface area contributed by atoms with Crippen LogP contribution in [0.1, 0.15) is 25.7 Å². The highest BCUT2D eigenvalue weighted by molar-refractivity contribution is 7.99. The standard InChI is InChI=1S/C20H21FN6OS/c21-20-14-3-1-2-12(26-14)6-17(20)29-19-10-23-15(9-25-19)13-8-24-18(7-16(13)28)27-5-4-22-11-27/h4-5,7-12,14,17,20,26H,1-3,6H2,(H,24,28)/t12?,14?,17-,20-/m1/s1. The molecule has 2 bridgehead atoms. The summed E-state index contributed by atoms with van der Waals surface area (Å²) in [6.07, 6.45) is 12.9. The Hall–Kier alpha value is -2.52. The van der Waals surface area contributed by atoms with Gasteiger partial charge in [-0.1, -0.05) is 18.2 Å². The Bertz CT molecular complexity index is 1040. The largest absolute Gasteiger partial charge is 0.347 e. The van der Waals surface area contributed by atoms with E-state index < -0.39 is 6.17 Å². The van der Waals surface area contributed by atoms with Crippen LogP contribution in [0.4, 0.5) is 4.39 Å². The van der Waals surface area contributed by atoms with Gasteiger partial charge in [0.1, 0.15) is 23.3 Å². The van der Waals surface area contributed by atoms with Crippen molar-refractivity contribution in [3.8, 4) is 17.1 Å². The van der Waals surface area contributed by atoms with Crippen molar-refractivity contribution in [1.82, 2.24) is 29.8 Å². The minimum atomic E-state index is -0.878. The molecule has 2 fully saturated rings. The lowest BCUT2D eigenvalue weighted by atomic mass is 9.85. The van der Waals surface area contributed by atoms with E-state index in [0.717, 1.165) is 25.7 Å². The van der Waals surface area contributed by atoms with E-state index in [9.17, 15) is 9.18 Å². The number of alkyl halides is 1. The number of piperidine rings is 2. The molecule has 4 atom stereocenters. The average molecular weight is 412 g/mol. The third kappa shape index (κ3) is 3.72. The molecule has 0 radical (unpaired) electrons. The zero-order valence-corrected chi connectivity index (χ0v) is 16.5. The molecule has 2 unspecified atom stereocenters. The number of rotatable bonds is 4. The van der Waals surface area contributed by atoms with Crippen LogP contribution >= 0.6 is 11.8 Å². The number of aromatic nitrogens is 5. The highest BCUT2D eigenvalue weighted by Crippen LogP contribution is 2.37. The lowest BCUT2D eigenvalue weighted by molar-refractivity contribution is 0.137. The van der Waals surface area contributed by atoms with Gasteiger partial charge in [-0.3, -0.25) is 14.3 Å². The first-order chi connectivity index (χ1) is 14.2. The molecule has 29 heavy (non-hydrogen) atoms. The van der Waals surface area contributed by atoms with Gasteiger partial charge in [0.15, 0.2) is 5.43 Å².